The van der Waals surface area contributed by atoms with E-state index in [2.05, 4.69) is 36.4 Å². The topological polar surface area (TPSA) is 79.9 Å². The Hall–Kier alpha value is -2.48. The van der Waals surface area contributed by atoms with Crippen molar-refractivity contribution < 1.29 is 13.9 Å². The highest BCUT2D eigenvalue weighted by Crippen LogP contribution is 2.21. The second kappa shape index (κ2) is 6.33. The smallest absolute Gasteiger partial charge is 0.262 e. The van der Waals surface area contributed by atoms with Crippen LogP contribution in [0.15, 0.2) is 34.9 Å². The molecule has 0 saturated heterocycles. The van der Waals surface area contributed by atoms with Crippen molar-refractivity contribution in [1.29, 1.82) is 0 Å². The van der Waals surface area contributed by atoms with Gasteiger partial charge in [-0.1, -0.05) is 15.9 Å². The number of nitrogens with one attached hydrogen (secondary N) is 2. The summed E-state index contributed by atoms with van der Waals surface area (Å²) in [5.41, 5.74) is 1.96. The van der Waals surface area contributed by atoms with Gasteiger partial charge in [-0.25, -0.2) is 9.37 Å². The molecule has 0 aliphatic carbocycles. The Labute approximate surface area is 139 Å². The number of carbonyl (C=O) groups excluding carboxylic acids is 1. The first-order chi connectivity index (χ1) is 11.0. The van der Waals surface area contributed by atoms with Crippen LogP contribution >= 0.6 is 15.9 Å². The number of pyridine rings is 1. The van der Waals surface area contributed by atoms with Crippen molar-refractivity contribution >= 4 is 38.6 Å². The molecule has 0 fully saturated rings. The molecule has 0 bridgehead atoms. The molecule has 118 valence electrons. The normalized spacial score (nSPS) is 10.7. The van der Waals surface area contributed by atoms with Crippen LogP contribution in [-0.4, -0.2) is 27.7 Å². The number of aryl methyl sites for hydroxylation is 1. The maximum absolute atomic E-state index is 13.6. The van der Waals surface area contributed by atoms with Gasteiger partial charge in [0.2, 0.25) is 0 Å². The summed E-state index contributed by atoms with van der Waals surface area (Å²) in [7, 11) is 0. The molecule has 2 heterocycles. The lowest BCUT2D eigenvalue weighted by Crippen LogP contribution is -2.20. The number of fused-ring (bicyclic) bond motifs is 1. The number of benzene rings is 1. The molecule has 3 rings (SSSR count). The Kier molecular flexibility index (Phi) is 4.24. The summed E-state index contributed by atoms with van der Waals surface area (Å²) in [6, 6.07) is 6.12. The van der Waals surface area contributed by atoms with Gasteiger partial charge in [0, 0.05) is 15.6 Å². The van der Waals surface area contributed by atoms with Crippen molar-refractivity contribution in [2.24, 2.45) is 0 Å². The van der Waals surface area contributed by atoms with E-state index in [1.807, 2.05) is 6.92 Å². The first-order valence-corrected chi connectivity index (χ1v) is 7.50. The molecule has 2 aromatic heterocycles. The quantitative estimate of drug-likeness (QED) is 0.730. The van der Waals surface area contributed by atoms with Gasteiger partial charge in [0.15, 0.2) is 23.8 Å². The molecule has 1 aromatic carbocycles. The van der Waals surface area contributed by atoms with E-state index >= 15 is 0 Å². The fraction of sp³-hybridized carbons (Fsp3) is 0.133. The van der Waals surface area contributed by atoms with Crippen molar-refractivity contribution in [2.45, 2.75) is 6.92 Å². The number of halogens is 2. The van der Waals surface area contributed by atoms with E-state index in [0.717, 1.165) is 11.1 Å². The van der Waals surface area contributed by atoms with Crippen molar-refractivity contribution in [3.8, 4) is 5.75 Å². The summed E-state index contributed by atoms with van der Waals surface area (Å²) in [6.45, 7) is 1.56. The molecule has 23 heavy (non-hydrogen) atoms. The summed E-state index contributed by atoms with van der Waals surface area (Å²) in [5, 5.41) is 10.3. The highest BCUT2D eigenvalue weighted by molar-refractivity contribution is 9.10. The van der Waals surface area contributed by atoms with Crippen LogP contribution in [0.1, 0.15) is 5.69 Å². The largest absolute Gasteiger partial charge is 0.481 e. The standard InChI is InChI=1S/C15H12BrFN4O2/c1-8-11-5-10(6-18-15(11)21-20-8)19-14(22)7-23-13-3-2-9(16)4-12(13)17/h2-6H,7H2,1H3,(H,19,22)(H,18,20,21). The average molecular weight is 379 g/mol. The molecule has 1 amide bonds. The van der Waals surface area contributed by atoms with Gasteiger partial charge in [0.25, 0.3) is 5.91 Å². The zero-order valence-electron chi connectivity index (χ0n) is 12.1. The number of rotatable bonds is 4. The van der Waals surface area contributed by atoms with Crippen molar-refractivity contribution in [2.75, 3.05) is 11.9 Å². The van der Waals surface area contributed by atoms with Gasteiger partial charge in [-0.05, 0) is 31.2 Å². The molecule has 3 aromatic rings. The average Bonchev–Trinajstić information content (AvgIpc) is 2.87. The number of ether oxygens (including phenoxy) is 1. The van der Waals surface area contributed by atoms with E-state index in [-0.39, 0.29) is 12.4 Å². The summed E-state index contributed by atoms with van der Waals surface area (Å²) in [4.78, 5) is 16.0. The van der Waals surface area contributed by atoms with Crippen LogP contribution in [0.25, 0.3) is 11.0 Å². The number of hydrogen-bond donors (Lipinski definition) is 2. The molecule has 0 radical (unpaired) electrons. The van der Waals surface area contributed by atoms with Crippen LogP contribution in [-0.2, 0) is 4.79 Å². The van der Waals surface area contributed by atoms with Crippen molar-refractivity contribution in [3.63, 3.8) is 0 Å². The second-order valence-corrected chi connectivity index (χ2v) is 5.77. The van der Waals surface area contributed by atoms with Crippen LogP contribution in [0.4, 0.5) is 10.1 Å². The highest BCUT2D eigenvalue weighted by Gasteiger charge is 2.09. The van der Waals surface area contributed by atoms with E-state index < -0.39 is 11.7 Å². The summed E-state index contributed by atoms with van der Waals surface area (Å²) in [6.07, 6.45) is 1.50. The third-order valence-electron chi connectivity index (χ3n) is 3.14. The zero-order chi connectivity index (χ0) is 16.4. The Morgan fingerprint density at radius 3 is 3.04 bits per heavy atom. The number of carbonyl (C=O) groups is 1. The minimum Gasteiger partial charge on any atom is -0.481 e. The lowest BCUT2D eigenvalue weighted by atomic mass is 10.2. The molecule has 2 N–H and O–H groups in total. The number of aromatic nitrogens is 3. The summed E-state index contributed by atoms with van der Waals surface area (Å²) < 4.78 is 19.4. The predicted molar refractivity (Wildman–Crippen MR) is 86.9 cm³/mol. The van der Waals surface area contributed by atoms with E-state index in [1.165, 1.54) is 18.3 Å². The maximum Gasteiger partial charge on any atom is 0.262 e. The molecule has 0 unspecified atom stereocenters. The third kappa shape index (κ3) is 3.48. The van der Waals surface area contributed by atoms with E-state index in [9.17, 15) is 9.18 Å². The monoisotopic (exact) mass is 378 g/mol. The SMILES string of the molecule is Cc1[nH]nc2ncc(NC(=O)COc3ccc(Br)cc3F)cc12. The zero-order valence-corrected chi connectivity index (χ0v) is 13.6. The lowest BCUT2D eigenvalue weighted by molar-refractivity contribution is -0.118. The van der Waals surface area contributed by atoms with Gasteiger partial charge in [-0.3, -0.25) is 9.89 Å². The molecule has 8 heteroatoms. The Morgan fingerprint density at radius 2 is 2.26 bits per heavy atom. The lowest BCUT2D eigenvalue weighted by Gasteiger charge is -2.08. The van der Waals surface area contributed by atoms with E-state index in [4.69, 9.17) is 4.74 Å². The van der Waals surface area contributed by atoms with Gasteiger partial charge in [-0.2, -0.15) is 5.10 Å². The minimum atomic E-state index is -0.538. The molecule has 0 spiro atoms. The molecular formula is C15H12BrFN4O2. The fourth-order valence-electron chi connectivity index (χ4n) is 2.02. The van der Waals surface area contributed by atoms with Crippen LogP contribution in [0.5, 0.6) is 5.75 Å². The molecule has 0 atom stereocenters. The van der Waals surface area contributed by atoms with Gasteiger partial charge in [0.1, 0.15) is 0 Å². The molecule has 0 saturated carbocycles. The van der Waals surface area contributed by atoms with Crippen LogP contribution in [0, 0.1) is 12.7 Å². The van der Waals surface area contributed by atoms with Gasteiger partial charge in [-0.15, -0.1) is 0 Å². The fourth-order valence-corrected chi connectivity index (χ4v) is 2.35. The van der Waals surface area contributed by atoms with Gasteiger partial charge >= 0.3 is 0 Å². The van der Waals surface area contributed by atoms with Gasteiger partial charge < -0.3 is 10.1 Å². The predicted octanol–water partition coefficient (Wildman–Crippen LogP) is 3.19. The Morgan fingerprint density at radius 1 is 1.43 bits per heavy atom. The van der Waals surface area contributed by atoms with Crippen LogP contribution in [0.3, 0.4) is 0 Å². The van der Waals surface area contributed by atoms with Gasteiger partial charge in [0.05, 0.1) is 11.9 Å². The number of amides is 1. The van der Waals surface area contributed by atoms with Crippen LogP contribution < -0.4 is 10.1 Å². The highest BCUT2D eigenvalue weighted by atomic mass is 79.9. The first kappa shape index (κ1) is 15.4. The number of nitrogens with zero attached hydrogens (tertiary/aromatic N) is 2. The molecular weight excluding hydrogens is 367 g/mol. The van der Waals surface area contributed by atoms with Crippen molar-refractivity contribution in [1.82, 2.24) is 15.2 Å². The molecule has 0 aliphatic heterocycles. The Balaban J connectivity index is 1.65. The minimum absolute atomic E-state index is 0.0163. The molecule has 6 nitrogen and oxygen atoms in total. The van der Waals surface area contributed by atoms with Crippen LogP contribution in [0.2, 0.25) is 0 Å². The molecule has 0 aliphatic rings. The maximum atomic E-state index is 13.6. The summed E-state index contributed by atoms with van der Waals surface area (Å²) >= 11 is 3.15. The number of aromatic amines is 1. The van der Waals surface area contributed by atoms with E-state index in [0.29, 0.717) is 15.8 Å². The number of hydrogen-bond acceptors (Lipinski definition) is 4. The second-order valence-electron chi connectivity index (χ2n) is 4.86. The third-order valence-corrected chi connectivity index (χ3v) is 3.63. The first-order valence-electron chi connectivity index (χ1n) is 6.71. The van der Waals surface area contributed by atoms with E-state index in [1.54, 1.807) is 12.1 Å². The number of anilines is 1. The van der Waals surface area contributed by atoms with Crippen molar-refractivity contribution in [3.05, 3.63) is 46.4 Å². The Bertz CT molecular complexity index is 881. The number of H-pyrrole nitrogens is 1. The summed E-state index contributed by atoms with van der Waals surface area (Å²) in [5.74, 6) is -0.929.